The summed E-state index contributed by atoms with van der Waals surface area (Å²) in [5, 5.41) is 8.32. The SMILES string of the molecule is CC1(C)c2ccccc2-c2ccc(-n3c4ccccc4c4ccc(-c5cccc(-c6nc(-c7cccc(-c8ccc9c%10ccccc%10n(-c%10ccc%11c(c%10)C(C)(C)c%10ccccc%10-%11)c9c8)c7)c7cc(-c8ccc9c%10ccccc%10n(-c%10ccc%11c(c%10)C(C)(C)c%10ccccc%10-%11)c9c8)ccc7n6)c5)cc43)cc21. The summed E-state index contributed by atoms with van der Waals surface area (Å²) in [4.78, 5) is 11.4. The maximum Gasteiger partial charge on any atom is 0.160 e. The standard InChI is InChI=1S/C101H71N5/c1-99(2)84-31-13-7-25-71(84)74-47-41-68(57-87(74)99)104-91-34-16-10-28-77(91)80-44-37-63(54-94(80)104)60-21-19-23-66(51-60)97-83-53-62(65-39-46-82-79-30-12-18-36-93(79)106(96(82)56-65)70-43-49-76-73-27-9-15-33-86(73)101(5,6)89(76)59-70)40-50-90(83)102-98(103-97)67-24-20-22-61(52-67)64-38-45-81-78-29-11-17-35-92(78)105(95(81)55-64)69-42-48-75-72-26-8-14-32-85(72)100(3,4)88(75)58-69/h7-59H,1-6H3. The van der Waals surface area contributed by atoms with Crippen molar-refractivity contribution in [3.05, 3.63) is 355 Å². The number of aromatic nitrogens is 5. The fraction of sp³-hybridized carbons (Fsp3) is 0.0891. The molecule has 19 aromatic rings. The van der Waals surface area contributed by atoms with Crippen molar-refractivity contribution in [1.29, 1.82) is 0 Å². The Morgan fingerprint density at radius 3 is 0.953 bits per heavy atom. The molecule has 500 valence electrons. The highest BCUT2D eigenvalue weighted by Gasteiger charge is 2.39. The maximum atomic E-state index is 5.79. The topological polar surface area (TPSA) is 40.6 Å². The van der Waals surface area contributed by atoms with Gasteiger partial charge in [-0.2, -0.15) is 0 Å². The number of fused-ring (bicyclic) bond motifs is 19. The zero-order chi connectivity index (χ0) is 70.6. The van der Waals surface area contributed by atoms with Gasteiger partial charge in [-0.05, 0) is 197 Å². The Hall–Kier alpha value is -13.0. The van der Waals surface area contributed by atoms with E-state index in [1.165, 1.54) is 116 Å². The van der Waals surface area contributed by atoms with Crippen LogP contribution < -0.4 is 0 Å². The third-order valence-corrected chi connectivity index (χ3v) is 24.4. The fourth-order valence-electron chi connectivity index (χ4n) is 19.1. The Morgan fingerprint density at radius 1 is 0.208 bits per heavy atom. The molecule has 5 heteroatoms. The van der Waals surface area contributed by atoms with E-state index in [0.29, 0.717) is 5.82 Å². The van der Waals surface area contributed by atoms with Crippen LogP contribution in [0.25, 0.3) is 183 Å². The molecule has 0 saturated heterocycles. The first-order valence-electron chi connectivity index (χ1n) is 37.2. The minimum atomic E-state index is -0.141. The van der Waals surface area contributed by atoms with E-state index in [9.17, 15) is 0 Å². The molecule has 0 N–H and O–H groups in total. The highest BCUT2D eigenvalue weighted by molar-refractivity contribution is 6.13. The van der Waals surface area contributed by atoms with Crippen molar-refractivity contribution in [2.75, 3.05) is 0 Å². The first-order chi connectivity index (χ1) is 51.8. The molecule has 15 aromatic carbocycles. The molecule has 0 amide bonds. The first kappa shape index (κ1) is 60.6. The molecule has 0 spiro atoms. The average Bonchev–Trinajstić information content (AvgIpc) is 1.58. The smallest absolute Gasteiger partial charge is 0.160 e. The fourth-order valence-corrected chi connectivity index (χ4v) is 19.1. The lowest BCUT2D eigenvalue weighted by Crippen LogP contribution is -2.15. The molecule has 0 bridgehead atoms. The molecule has 0 radical (unpaired) electrons. The third kappa shape index (κ3) is 8.65. The van der Waals surface area contributed by atoms with Gasteiger partial charge in [0.25, 0.3) is 0 Å². The van der Waals surface area contributed by atoms with Crippen LogP contribution in [0.5, 0.6) is 0 Å². The molecule has 0 atom stereocenters. The van der Waals surface area contributed by atoms with Gasteiger partial charge in [0.15, 0.2) is 5.82 Å². The van der Waals surface area contributed by atoms with E-state index in [1.807, 2.05) is 0 Å². The van der Waals surface area contributed by atoms with E-state index in [2.05, 4.69) is 377 Å². The van der Waals surface area contributed by atoms with E-state index in [4.69, 9.17) is 9.97 Å². The predicted molar refractivity (Wildman–Crippen MR) is 442 cm³/mol. The molecular formula is C101H71N5. The second kappa shape index (κ2) is 22.0. The van der Waals surface area contributed by atoms with E-state index in [0.717, 1.165) is 94.7 Å². The minimum absolute atomic E-state index is 0.134. The lowest BCUT2D eigenvalue weighted by Gasteiger charge is -2.22. The minimum Gasteiger partial charge on any atom is -0.309 e. The molecule has 22 rings (SSSR count). The molecule has 5 nitrogen and oxygen atoms in total. The van der Waals surface area contributed by atoms with Crippen molar-refractivity contribution in [3.63, 3.8) is 0 Å². The van der Waals surface area contributed by atoms with Crippen molar-refractivity contribution in [2.45, 2.75) is 57.8 Å². The zero-order valence-corrected chi connectivity index (χ0v) is 59.8. The van der Waals surface area contributed by atoms with Gasteiger partial charge in [0, 0.05) is 82.1 Å². The van der Waals surface area contributed by atoms with Gasteiger partial charge < -0.3 is 13.7 Å². The Labute approximate surface area is 615 Å². The van der Waals surface area contributed by atoms with Crippen LogP contribution >= 0.6 is 0 Å². The van der Waals surface area contributed by atoms with Crippen molar-refractivity contribution in [3.8, 4) is 106 Å². The second-order valence-electron chi connectivity index (χ2n) is 31.2. The molecule has 4 heterocycles. The van der Waals surface area contributed by atoms with Gasteiger partial charge in [-0.25, -0.2) is 9.97 Å². The van der Waals surface area contributed by atoms with Crippen LogP contribution in [-0.2, 0) is 16.2 Å². The van der Waals surface area contributed by atoms with Crippen LogP contribution in [0, 0.1) is 0 Å². The highest BCUT2D eigenvalue weighted by Crippen LogP contribution is 2.54. The monoisotopic (exact) mass is 1350 g/mol. The van der Waals surface area contributed by atoms with Gasteiger partial charge >= 0.3 is 0 Å². The number of para-hydroxylation sites is 3. The van der Waals surface area contributed by atoms with E-state index < -0.39 is 0 Å². The Morgan fingerprint density at radius 2 is 0.528 bits per heavy atom. The van der Waals surface area contributed by atoms with Crippen molar-refractivity contribution in [1.82, 2.24) is 23.7 Å². The number of hydrogen-bond acceptors (Lipinski definition) is 2. The molecule has 3 aliphatic carbocycles. The van der Waals surface area contributed by atoms with Crippen LogP contribution in [0.3, 0.4) is 0 Å². The van der Waals surface area contributed by atoms with Gasteiger partial charge in [-0.15, -0.1) is 0 Å². The molecule has 3 aliphatic rings. The summed E-state index contributed by atoms with van der Waals surface area (Å²) >= 11 is 0. The summed E-state index contributed by atoms with van der Waals surface area (Å²) < 4.78 is 7.42. The predicted octanol–water partition coefficient (Wildman–Crippen LogP) is 26.2. The van der Waals surface area contributed by atoms with E-state index in [1.54, 1.807) is 0 Å². The third-order valence-electron chi connectivity index (χ3n) is 24.4. The van der Waals surface area contributed by atoms with Gasteiger partial charge in [-0.3, -0.25) is 0 Å². The normalized spacial score (nSPS) is 14.2. The maximum absolute atomic E-state index is 5.79. The average molecular weight is 1350 g/mol. The largest absolute Gasteiger partial charge is 0.309 e. The summed E-state index contributed by atoms with van der Waals surface area (Å²) in [5.74, 6) is 0.664. The lowest BCUT2D eigenvalue weighted by molar-refractivity contribution is 0.660. The van der Waals surface area contributed by atoms with Crippen molar-refractivity contribution < 1.29 is 0 Å². The molecule has 106 heavy (non-hydrogen) atoms. The molecule has 0 unspecified atom stereocenters. The Bertz CT molecular complexity index is 7060. The van der Waals surface area contributed by atoms with Crippen LogP contribution in [0.4, 0.5) is 0 Å². The molecule has 0 aliphatic heterocycles. The van der Waals surface area contributed by atoms with Crippen LogP contribution in [0.15, 0.2) is 322 Å². The Kier molecular flexibility index (Phi) is 12.6. The van der Waals surface area contributed by atoms with Gasteiger partial charge in [0.05, 0.1) is 44.3 Å². The van der Waals surface area contributed by atoms with Crippen LogP contribution in [0.1, 0.15) is 74.9 Å². The first-order valence-corrected chi connectivity index (χ1v) is 37.2. The van der Waals surface area contributed by atoms with Gasteiger partial charge in [0.2, 0.25) is 0 Å². The van der Waals surface area contributed by atoms with Crippen LogP contribution in [-0.4, -0.2) is 23.7 Å². The quantitative estimate of drug-likeness (QED) is 0.152. The van der Waals surface area contributed by atoms with Gasteiger partial charge in [-0.1, -0.05) is 266 Å². The molecule has 4 aromatic heterocycles. The number of rotatable bonds is 8. The zero-order valence-electron chi connectivity index (χ0n) is 59.8. The molecule has 0 saturated carbocycles. The van der Waals surface area contributed by atoms with Crippen molar-refractivity contribution >= 4 is 76.3 Å². The number of nitrogens with zero attached hydrogens (tertiary/aromatic N) is 5. The molecular weight excluding hydrogens is 1280 g/mol. The van der Waals surface area contributed by atoms with Crippen molar-refractivity contribution in [2.24, 2.45) is 0 Å². The van der Waals surface area contributed by atoms with Gasteiger partial charge in [0.1, 0.15) is 0 Å². The van der Waals surface area contributed by atoms with E-state index in [-0.39, 0.29) is 16.2 Å². The number of benzene rings is 15. The second-order valence-corrected chi connectivity index (χ2v) is 31.2. The van der Waals surface area contributed by atoms with Crippen LogP contribution in [0.2, 0.25) is 0 Å². The summed E-state index contributed by atoms with van der Waals surface area (Å²) in [5.41, 5.74) is 36.5. The molecule has 0 fully saturated rings. The van der Waals surface area contributed by atoms with E-state index >= 15 is 0 Å². The summed E-state index contributed by atoms with van der Waals surface area (Å²) in [6.07, 6.45) is 0. The highest BCUT2D eigenvalue weighted by atomic mass is 15.0. The summed E-state index contributed by atoms with van der Waals surface area (Å²) in [6, 6.07) is 120. The lowest BCUT2D eigenvalue weighted by atomic mass is 9.82. The Balaban J connectivity index is 0.696. The summed E-state index contributed by atoms with van der Waals surface area (Å²) in [7, 11) is 0. The summed E-state index contributed by atoms with van der Waals surface area (Å²) in [6.45, 7) is 14.2. The number of hydrogen-bond donors (Lipinski definition) is 0.